The summed E-state index contributed by atoms with van der Waals surface area (Å²) in [6.45, 7) is 0.566. The van der Waals surface area contributed by atoms with E-state index in [1.807, 2.05) is 72.8 Å². The van der Waals surface area contributed by atoms with Crippen LogP contribution in [-0.4, -0.2) is 35.6 Å². The molecule has 3 heteroatoms. The minimum Gasteiger partial charge on any atom is -0.396 e. The first-order chi connectivity index (χ1) is 21.3. The van der Waals surface area contributed by atoms with Crippen LogP contribution >= 0.6 is 0 Å². The van der Waals surface area contributed by atoms with E-state index >= 15 is 0 Å². The smallest absolute Gasteiger partial charge is 0.0956 e. The lowest BCUT2D eigenvalue weighted by atomic mass is 10.1. The molecule has 0 atom stereocenters. The topological polar surface area (TPSA) is 49.7 Å². The summed E-state index contributed by atoms with van der Waals surface area (Å²) in [7, 11) is 0. The summed E-state index contributed by atoms with van der Waals surface area (Å²) in [5.41, 5.74) is 4.58. The molecule has 0 bridgehead atoms. The molecule has 0 spiro atoms. The zero-order chi connectivity index (χ0) is 30.2. The quantitative estimate of drug-likeness (QED) is 0.140. The van der Waals surface area contributed by atoms with Gasteiger partial charge >= 0.3 is 0 Å². The van der Waals surface area contributed by atoms with Gasteiger partial charge in [-0.05, 0) is 35.1 Å². The molecule has 2 N–H and O–H groups in total. The van der Waals surface area contributed by atoms with E-state index in [9.17, 15) is 0 Å². The molecular formula is C40H44O3. The van der Waals surface area contributed by atoms with E-state index in [1.165, 1.54) is 0 Å². The fourth-order valence-corrected chi connectivity index (χ4v) is 4.15. The van der Waals surface area contributed by atoms with Gasteiger partial charge in [0, 0.05) is 13.2 Å². The van der Waals surface area contributed by atoms with Crippen molar-refractivity contribution in [1.82, 2.24) is 0 Å². The molecule has 0 heterocycles. The molecule has 222 valence electrons. The minimum absolute atomic E-state index is 0.207. The zero-order valence-corrected chi connectivity index (χ0v) is 24.9. The normalized spacial score (nSPS) is 11.7. The Morgan fingerprint density at radius 3 is 0.884 bits per heavy atom. The summed E-state index contributed by atoms with van der Waals surface area (Å²) < 4.78 is 6.59. The van der Waals surface area contributed by atoms with Crippen molar-refractivity contribution in [2.45, 2.75) is 37.9 Å². The second-order valence-corrected chi connectivity index (χ2v) is 10.0. The first-order valence-corrected chi connectivity index (χ1v) is 15.1. The largest absolute Gasteiger partial charge is 0.396 e. The van der Waals surface area contributed by atoms with Gasteiger partial charge in [0.25, 0.3) is 0 Å². The van der Waals surface area contributed by atoms with Crippen molar-refractivity contribution < 1.29 is 14.9 Å². The lowest BCUT2D eigenvalue weighted by molar-refractivity contribution is 0.0982. The minimum atomic E-state index is -0.207. The Balaban J connectivity index is 0.000000557. The van der Waals surface area contributed by atoms with E-state index in [4.69, 9.17) is 14.9 Å². The molecular weight excluding hydrogens is 528 g/mol. The summed E-state index contributed by atoms with van der Waals surface area (Å²) in [5, 5.41) is 16.6. The van der Waals surface area contributed by atoms with Gasteiger partial charge in [0.1, 0.15) is 0 Å². The van der Waals surface area contributed by atoms with Crippen molar-refractivity contribution in [1.29, 1.82) is 0 Å². The van der Waals surface area contributed by atoms with E-state index in [1.54, 1.807) is 0 Å². The lowest BCUT2D eigenvalue weighted by Gasteiger charge is -2.16. The van der Waals surface area contributed by atoms with E-state index in [-0.39, 0.29) is 25.4 Å². The second kappa shape index (κ2) is 21.4. The van der Waals surface area contributed by atoms with Crippen LogP contribution in [-0.2, 0) is 4.74 Å². The maximum Gasteiger partial charge on any atom is 0.0956 e. The Morgan fingerprint density at radius 1 is 0.395 bits per heavy atom. The van der Waals surface area contributed by atoms with Crippen molar-refractivity contribution in [2.75, 3.05) is 13.2 Å². The highest BCUT2D eigenvalue weighted by molar-refractivity contribution is 5.55. The highest BCUT2D eigenvalue weighted by Crippen LogP contribution is 2.14. The summed E-state index contributed by atoms with van der Waals surface area (Å²) in [6.07, 6.45) is 20.3. The van der Waals surface area contributed by atoms with Crippen molar-refractivity contribution in [3.8, 4) is 0 Å². The molecule has 3 nitrogen and oxygen atoms in total. The van der Waals surface area contributed by atoms with Gasteiger partial charge in [-0.2, -0.15) is 0 Å². The molecule has 4 aromatic carbocycles. The number of rotatable bonds is 15. The van der Waals surface area contributed by atoms with Crippen molar-refractivity contribution in [3.63, 3.8) is 0 Å². The number of hydrogen-bond acceptors (Lipinski definition) is 3. The molecule has 0 radical (unpaired) electrons. The molecule has 0 saturated heterocycles. The van der Waals surface area contributed by atoms with E-state index in [2.05, 4.69) is 97.1 Å². The average molecular weight is 573 g/mol. The first kappa shape index (κ1) is 33.2. The highest BCUT2D eigenvalue weighted by atomic mass is 16.5. The number of aliphatic hydroxyl groups is 2. The molecule has 4 rings (SSSR count). The molecule has 43 heavy (non-hydrogen) atoms. The molecule has 0 fully saturated rings. The fourth-order valence-electron chi connectivity index (χ4n) is 4.15. The van der Waals surface area contributed by atoms with Gasteiger partial charge in [-0.1, -0.05) is 183 Å². The molecule has 0 aromatic heterocycles. The van der Waals surface area contributed by atoms with Crippen LogP contribution < -0.4 is 0 Å². The Kier molecular flexibility index (Phi) is 16.6. The lowest BCUT2D eigenvalue weighted by Crippen LogP contribution is -2.15. The van der Waals surface area contributed by atoms with Gasteiger partial charge in [0.15, 0.2) is 0 Å². The summed E-state index contributed by atoms with van der Waals surface area (Å²) in [5.74, 6) is 0. The number of unbranched alkanes of at least 4 members (excludes halogenated alkanes) is 3. The van der Waals surface area contributed by atoms with Crippen LogP contribution in [0.5, 0.6) is 0 Å². The average Bonchev–Trinajstić information content (AvgIpc) is 3.07. The van der Waals surface area contributed by atoms with Gasteiger partial charge in [-0.25, -0.2) is 0 Å². The molecule has 4 aromatic rings. The van der Waals surface area contributed by atoms with Crippen molar-refractivity contribution >= 4 is 24.3 Å². The number of benzene rings is 4. The molecule has 0 aliphatic rings. The highest BCUT2D eigenvalue weighted by Gasteiger charge is 2.08. The monoisotopic (exact) mass is 572 g/mol. The Bertz CT molecular complexity index is 1140. The molecule has 0 aliphatic carbocycles. The third-order valence-corrected chi connectivity index (χ3v) is 6.49. The Morgan fingerprint density at radius 2 is 0.651 bits per heavy atom. The number of aliphatic hydroxyl groups excluding tert-OH is 2. The van der Waals surface area contributed by atoms with Crippen LogP contribution in [0.4, 0.5) is 0 Å². The van der Waals surface area contributed by atoms with E-state index in [0.29, 0.717) is 0 Å². The molecule has 0 amide bonds. The van der Waals surface area contributed by atoms with Crippen LogP contribution in [0.25, 0.3) is 24.3 Å². The van der Waals surface area contributed by atoms with Crippen LogP contribution in [0, 0.1) is 0 Å². The fraction of sp³-hybridized carbons (Fsp3) is 0.200. The van der Waals surface area contributed by atoms with Crippen molar-refractivity contribution in [2.24, 2.45) is 0 Å². The van der Waals surface area contributed by atoms with Gasteiger partial charge < -0.3 is 14.9 Å². The third kappa shape index (κ3) is 15.0. The van der Waals surface area contributed by atoms with Gasteiger partial charge in [0.2, 0.25) is 0 Å². The summed E-state index contributed by atoms with van der Waals surface area (Å²) >= 11 is 0. The summed E-state index contributed by atoms with van der Waals surface area (Å²) in [4.78, 5) is 0. The van der Waals surface area contributed by atoms with Gasteiger partial charge in [-0.15, -0.1) is 0 Å². The Hall–Kier alpha value is -4.28. The zero-order valence-electron chi connectivity index (χ0n) is 24.9. The van der Waals surface area contributed by atoms with Crippen LogP contribution in [0.1, 0.15) is 47.9 Å². The van der Waals surface area contributed by atoms with Crippen molar-refractivity contribution in [3.05, 3.63) is 168 Å². The second-order valence-electron chi connectivity index (χ2n) is 10.0. The summed E-state index contributed by atoms with van der Waals surface area (Å²) in [6, 6.07) is 41.2. The first-order valence-electron chi connectivity index (χ1n) is 15.1. The standard InChI is InChI=1S/C34H30O.C6H14O2/c1-5-13-29(14-6-1)21-25-33(26-22-30-15-7-2-8-16-30)35-34(27-23-31-17-9-3-10-18-31)28-24-32-19-11-4-12-20-32;7-5-3-1-2-4-6-8/h1-28,33-34H;7-8H,1-6H2/b25-21+,26-22+,27-23+,28-24+;. The molecule has 0 unspecified atom stereocenters. The van der Waals surface area contributed by atoms with Crippen LogP contribution in [0.15, 0.2) is 146 Å². The molecule has 0 saturated carbocycles. The SMILES string of the molecule is C(=C\C(/C=C/c1ccccc1)OC(/C=C/c1ccccc1)/C=C/c1ccccc1)/c1ccccc1.OCCCCCCO. The van der Waals surface area contributed by atoms with E-state index in [0.717, 1.165) is 47.9 Å². The van der Waals surface area contributed by atoms with E-state index < -0.39 is 0 Å². The maximum absolute atomic E-state index is 8.30. The maximum atomic E-state index is 8.30. The number of ether oxygens (including phenoxy) is 1. The van der Waals surface area contributed by atoms with Crippen LogP contribution in [0.3, 0.4) is 0 Å². The van der Waals surface area contributed by atoms with Crippen LogP contribution in [0.2, 0.25) is 0 Å². The predicted octanol–water partition coefficient (Wildman–Crippen LogP) is 9.13. The number of hydrogen-bond donors (Lipinski definition) is 2. The third-order valence-electron chi connectivity index (χ3n) is 6.49. The van der Waals surface area contributed by atoms with Gasteiger partial charge in [0.05, 0.1) is 12.2 Å². The Labute approximate surface area is 257 Å². The molecule has 0 aliphatic heterocycles. The van der Waals surface area contributed by atoms with Gasteiger partial charge in [-0.3, -0.25) is 0 Å². The predicted molar refractivity (Wildman–Crippen MR) is 183 cm³/mol.